The molecule has 0 radical (unpaired) electrons. The van der Waals surface area contributed by atoms with Gasteiger partial charge in [-0.15, -0.1) is 0 Å². The third-order valence-corrected chi connectivity index (χ3v) is 6.97. The highest BCUT2D eigenvalue weighted by molar-refractivity contribution is 6.30. The van der Waals surface area contributed by atoms with E-state index in [0.29, 0.717) is 33.6 Å². The van der Waals surface area contributed by atoms with Crippen molar-refractivity contribution < 1.29 is 4.79 Å². The highest BCUT2D eigenvalue weighted by Gasteiger charge is 2.24. The summed E-state index contributed by atoms with van der Waals surface area (Å²) >= 11 is 6.40. The second-order valence-electron chi connectivity index (χ2n) is 9.12. The summed E-state index contributed by atoms with van der Waals surface area (Å²) in [5, 5.41) is 14.1. The maximum Gasteiger partial charge on any atom is 0.274 e. The van der Waals surface area contributed by atoms with Crippen LogP contribution in [0.1, 0.15) is 48.5 Å². The molecule has 0 bridgehead atoms. The van der Waals surface area contributed by atoms with Crippen LogP contribution in [0.2, 0.25) is 5.02 Å². The lowest BCUT2D eigenvalue weighted by atomic mass is 9.93. The number of amides is 1. The Kier molecular flexibility index (Phi) is 6.18. The van der Waals surface area contributed by atoms with Crippen LogP contribution in [0.15, 0.2) is 29.3 Å². The molecule has 34 heavy (non-hydrogen) atoms. The number of hydrogen-bond donors (Lipinski definition) is 3. The fourth-order valence-electron chi connectivity index (χ4n) is 4.52. The Morgan fingerprint density at radius 2 is 1.94 bits per heavy atom. The van der Waals surface area contributed by atoms with E-state index in [1.54, 1.807) is 34.5 Å². The molecule has 1 aliphatic carbocycles. The molecule has 1 saturated carbocycles. The van der Waals surface area contributed by atoms with Gasteiger partial charge < -0.3 is 25.4 Å². The highest BCUT2D eigenvalue weighted by Crippen LogP contribution is 2.26. The summed E-state index contributed by atoms with van der Waals surface area (Å²) in [6, 6.07) is 3.66. The van der Waals surface area contributed by atoms with E-state index >= 15 is 0 Å². The third kappa shape index (κ3) is 4.35. The van der Waals surface area contributed by atoms with E-state index < -0.39 is 0 Å². The van der Waals surface area contributed by atoms with Gasteiger partial charge in [0.2, 0.25) is 0 Å². The summed E-state index contributed by atoms with van der Waals surface area (Å²) in [7, 11) is 3.85. The number of rotatable bonds is 6. The van der Waals surface area contributed by atoms with Gasteiger partial charge in [0, 0.05) is 31.4 Å². The molecule has 1 amide bonds. The van der Waals surface area contributed by atoms with Crippen LogP contribution < -0.4 is 21.5 Å². The monoisotopic (exact) mass is 484 g/mol. The number of fused-ring (bicyclic) bond motifs is 1. The van der Waals surface area contributed by atoms with Gasteiger partial charge in [0.05, 0.1) is 11.2 Å². The van der Waals surface area contributed by atoms with Gasteiger partial charge >= 0.3 is 0 Å². The molecular formula is C23H29ClN8O2. The van der Waals surface area contributed by atoms with Crippen LogP contribution in [0.3, 0.4) is 0 Å². The lowest BCUT2D eigenvalue weighted by Crippen LogP contribution is -2.39. The maximum absolute atomic E-state index is 13.3. The molecule has 2 fully saturated rings. The molecule has 5 rings (SSSR count). The van der Waals surface area contributed by atoms with Gasteiger partial charge in [-0.3, -0.25) is 9.59 Å². The number of nitrogens with one attached hydrogen (secondary N) is 3. The Balaban J connectivity index is 1.48. The van der Waals surface area contributed by atoms with Crippen molar-refractivity contribution in [2.24, 2.45) is 0 Å². The Bertz CT molecular complexity index is 1270. The summed E-state index contributed by atoms with van der Waals surface area (Å²) in [6.45, 7) is 1.87. The summed E-state index contributed by atoms with van der Waals surface area (Å²) < 4.78 is 3.31. The van der Waals surface area contributed by atoms with E-state index in [9.17, 15) is 9.59 Å². The van der Waals surface area contributed by atoms with Crippen molar-refractivity contribution in [3.05, 3.63) is 45.5 Å². The zero-order valence-corrected chi connectivity index (χ0v) is 20.1. The van der Waals surface area contributed by atoms with Crippen LogP contribution in [-0.4, -0.2) is 63.2 Å². The molecule has 0 aromatic carbocycles. The van der Waals surface area contributed by atoms with Crippen LogP contribution in [0.4, 0.5) is 17.3 Å². The van der Waals surface area contributed by atoms with Gasteiger partial charge in [-0.1, -0.05) is 11.6 Å². The molecule has 3 aromatic heterocycles. The van der Waals surface area contributed by atoms with Crippen molar-refractivity contribution in [2.75, 3.05) is 37.8 Å². The second-order valence-corrected chi connectivity index (χ2v) is 9.55. The number of pyridine rings is 1. The van der Waals surface area contributed by atoms with E-state index in [1.165, 1.54) is 6.20 Å². The van der Waals surface area contributed by atoms with Gasteiger partial charge in [0.1, 0.15) is 22.9 Å². The molecule has 180 valence electrons. The second kappa shape index (κ2) is 9.27. The summed E-state index contributed by atoms with van der Waals surface area (Å²) in [5.41, 5.74) is 0.985. The standard InChI is InChI=1S/C23H29ClN8O2/c1-25-20-11-19(29-21-17(12-26-32(20)21)22(33)27-15-4-3-5-15)28-18-10-14(24)13-31(23(18)34)16-6-8-30(2)9-7-16/h10-13,15-16,25H,3-9H2,1-2H3,(H,27,33)(H,28,29). The van der Waals surface area contributed by atoms with Gasteiger partial charge in [0.15, 0.2) is 5.65 Å². The zero-order valence-electron chi connectivity index (χ0n) is 19.3. The van der Waals surface area contributed by atoms with E-state index in [-0.39, 0.29) is 23.6 Å². The summed E-state index contributed by atoms with van der Waals surface area (Å²) in [6.07, 6.45) is 8.12. The lowest BCUT2D eigenvalue weighted by Gasteiger charge is -2.30. The first-order chi connectivity index (χ1) is 16.4. The van der Waals surface area contributed by atoms with Crippen LogP contribution in [0.5, 0.6) is 0 Å². The third-order valence-electron chi connectivity index (χ3n) is 6.77. The van der Waals surface area contributed by atoms with E-state index in [0.717, 1.165) is 45.2 Å². The molecule has 0 unspecified atom stereocenters. The number of piperidine rings is 1. The van der Waals surface area contributed by atoms with Crippen molar-refractivity contribution >= 4 is 40.5 Å². The van der Waals surface area contributed by atoms with Gasteiger partial charge in [0.25, 0.3) is 11.5 Å². The molecule has 0 spiro atoms. The number of halogens is 1. The Morgan fingerprint density at radius 3 is 2.62 bits per heavy atom. The van der Waals surface area contributed by atoms with Gasteiger partial charge in [-0.2, -0.15) is 9.61 Å². The number of carbonyl (C=O) groups is 1. The smallest absolute Gasteiger partial charge is 0.274 e. The van der Waals surface area contributed by atoms with E-state index in [1.807, 2.05) is 0 Å². The zero-order chi connectivity index (χ0) is 23.8. The predicted octanol–water partition coefficient (Wildman–Crippen LogP) is 2.88. The first-order valence-electron chi connectivity index (χ1n) is 11.7. The first-order valence-corrected chi connectivity index (χ1v) is 12.1. The fraction of sp³-hybridized carbons (Fsp3) is 0.478. The topological polar surface area (TPSA) is 109 Å². The number of aromatic nitrogens is 4. The van der Waals surface area contributed by atoms with Crippen molar-refractivity contribution in [1.82, 2.24) is 29.4 Å². The normalized spacial score (nSPS) is 17.5. The lowest BCUT2D eigenvalue weighted by molar-refractivity contribution is 0.0918. The van der Waals surface area contributed by atoms with Crippen molar-refractivity contribution in [1.29, 1.82) is 0 Å². The Hall–Kier alpha value is -3.11. The molecule has 10 nitrogen and oxygen atoms in total. The summed E-state index contributed by atoms with van der Waals surface area (Å²) in [5.74, 6) is 0.857. The highest BCUT2D eigenvalue weighted by atomic mass is 35.5. The van der Waals surface area contributed by atoms with Crippen LogP contribution in [0.25, 0.3) is 5.65 Å². The van der Waals surface area contributed by atoms with Crippen molar-refractivity contribution in [3.8, 4) is 0 Å². The number of carbonyl (C=O) groups excluding carboxylic acids is 1. The average Bonchev–Trinajstić information content (AvgIpc) is 3.22. The minimum Gasteiger partial charge on any atom is -0.373 e. The van der Waals surface area contributed by atoms with Gasteiger partial charge in [-0.05, 0) is 58.3 Å². The fourth-order valence-corrected chi connectivity index (χ4v) is 4.73. The number of nitrogens with zero attached hydrogens (tertiary/aromatic N) is 5. The SMILES string of the molecule is CNc1cc(Nc2cc(Cl)cn(C3CCN(C)CC3)c2=O)nc2c(C(=O)NC3CCC3)cnn12. The molecule has 4 heterocycles. The minimum absolute atomic E-state index is 0.0999. The number of anilines is 3. The first kappa shape index (κ1) is 22.7. The average molecular weight is 485 g/mol. The predicted molar refractivity (Wildman–Crippen MR) is 132 cm³/mol. The van der Waals surface area contributed by atoms with Crippen LogP contribution in [-0.2, 0) is 0 Å². The van der Waals surface area contributed by atoms with Gasteiger partial charge in [-0.25, -0.2) is 4.98 Å². The molecule has 1 aliphatic heterocycles. The van der Waals surface area contributed by atoms with Crippen LogP contribution in [0, 0.1) is 0 Å². The van der Waals surface area contributed by atoms with Crippen molar-refractivity contribution in [3.63, 3.8) is 0 Å². The van der Waals surface area contributed by atoms with Crippen molar-refractivity contribution in [2.45, 2.75) is 44.2 Å². The molecule has 0 atom stereocenters. The quantitative estimate of drug-likeness (QED) is 0.493. The Morgan fingerprint density at radius 1 is 1.18 bits per heavy atom. The Labute approximate surface area is 202 Å². The van der Waals surface area contributed by atoms with E-state index in [4.69, 9.17) is 11.6 Å². The van der Waals surface area contributed by atoms with E-state index in [2.05, 4.69) is 38.0 Å². The molecule has 2 aliphatic rings. The molecular weight excluding hydrogens is 456 g/mol. The molecule has 3 N–H and O–H groups in total. The number of likely N-dealkylation sites (tertiary alicyclic amines) is 1. The molecule has 1 saturated heterocycles. The minimum atomic E-state index is -0.196. The van der Waals surface area contributed by atoms with Crippen LogP contribution >= 0.6 is 11.6 Å². The number of hydrogen-bond acceptors (Lipinski definition) is 7. The maximum atomic E-state index is 13.3. The largest absolute Gasteiger partial charge is 0.373 e. The molecule has 3 aromatic rings. The molecule has 11 heteroatoms. The summed E-state index contributed by atoms with van der Waals surface area (Å²) in [4.78, 5) is 33.0.